The minimum Gasteiger partial charge on any atom is -0.481 e. The molecule has 1 N–H and O–H groups in total. The number of carbonyl (C=O) groups excluding carboxylic acids is 1. The Bertz CT molecular complexity index is 441. The van der Waals surface area contributed by atoms with Gasteiger partial charge in [0, 0.05) is 13.1 Å². The molecule has 0 spiro atoms. The van der Waals surface area contributed by atoms with Crippen molar-refractivity contribution >= 4 is 5.97 Å². The molecule has 0 bridgehead atoms. The van der Waals surface area contributed by atoms with Crippen molar-refractivity contribution in [3.63, 3.8) is 0 Å². The molecule has 1 rings (SSSR count). The molecular weight excluding hydrogens is 246 g/mol. The highest BCUT2D eigenvalue weighted by molar-refractivity contribution is 5.79. The Balaban J connectivity index is 3.20. The standard InChI is InChI=1S/C13H23N3O3/c1-7-19-13(17)11(14-8(2)3)10-9(4)15-16(5)12(10)18-6/h8,11,14H,7H2,1-6H3. The van der Waals surface area contributed by atoms with Crippen LogP contribution in [0.1, 0.15) is 38.1 Å². The third kappa shape index (κ3) is 3.47. The van der Waals surface area contributed by atoms with Crippen molar-refractivity contribution in [3.8, 4) is 5.88 Å². The number of methoxy groups -OCH3 is 1. The van der Waals surface area contributed by atoms with Crippen molar-refractivity contribution in [3.05, 3.63) is 11.3 Å². The van der Waals surface area contributed by atoms with Crippen LogP contribution in [-0.4, -0.2) is 35.5 Å². The van der Waals surface area contributed by atoms with Crippen LogP contribution in [0.4, 0.5) is 0 Å². The molecule has 0 aliphatic heterocycles. The van der Waals surface area contributed by atoms with Crippen LogP contribution in [0.25, 0.3) is 0 Å². The molecule has 1 atom stereocenters. The second kappa shape index (κ2) is 6.56. The Kier molecular flexibility index (Phi) is 5.35. The summed E-state index contributed by atoms with van der Waals surface area (Å²) in [4.78, 5) is 12.1. The number of nitrogens with one attached hydrogen (secondary N) is 1. The fourth-order valence-electron chi connectivity index (χ4n) is 2.06. The van der Waals surface area contributed by atoms with E-state index in [2.05, 4.69) is 10.4 Å². The van der Waals surface area contributed by atoms with Crippen molar-refractivity contribution in [2.24, 2.45) is 7.05 Å². The van der Waals surface area contributed by atoms with E-state index in [1.165, 1.54) is 0 Å². The highest BCUT2D eigenvalue weighted by Crippen LogP contribution is 2.29. The summed E-state index contributed by atoms with van der Waals surface area (Å²) >= 11 is 0. The highest BCUT2D eigenvalue weighted by Gasteiger charge is 2.30. The van der Waals surface area contributed by atoms with Gasteiger partial charge in [0.05, 0.1) is 25.0 Å². The lowest BCUT2D eigenvalue weighted by molar-refractivity contribution is -0.146. The van der Waals surface area contributed by atoms with E-state index < -0.39 is 6.04 Å². The van der Waals surface area contributed by atoms with Gasteiger partial charge in [0.15, 0.2) is 0 Å². The van der Waals surface area contributed by atoms with Crippen LogP contribution in [0.5, 0.6) is 5.88 Å². The zero-order valence-corrected chi connectivity index (χ0v) is 12.5. The maximum Gasteiger partial charge on any atom is 0.328 e. The van der Waals surface area contributed by atoms with Crippen molar-refractivity contribution in [2.45, 2.75) is 39.8 Å². The molecule has 6 heteroatoms. The molecule has 0 saturated heterocycles. The molecule has 6 nitrogen and oxygen atoms in total. The molecule has 0 radical (unpaired) electrons. The highest BCUT2D eigenvalue weighted by atomic mass is 16.5. The average molecular weight is 269 g/mol. The van der Waals surface area contributed by atoms with Crippen molar-refractivity contribution < 1.29 is 14.3 Å². The van der Waals surface area contributed by atoms with E-state index in [0.717, 1.165) is 11.3 Å². The molecule has 0 aliphatic rings. The normalized spacial score (nSPS) is 12.6. The van der Waals surface area contributed by atoms with E-state index in [-0.39, 0.29) is 12.0 Å². The van der Waals surface area contributed by atoms with E-state index in [1.54, 1.807) is 25.8 Å². The minimum atomic E-state index is -0.566. The number of hydrogen-bond donors (Lipinski definition) is 1. The quantitative estimate of drug-likeness (QED) is 0.789. The van der Waals surface area contributed by atoms with Gasteiger partial charge in [0.25, 0.3) is 0 Å². The lowest BCUT2D eigenvalue weighted by Crippen LogP contribution is -2.35. The Hall–Kier alpha value is -1.56. The van der Waals surface area contributed by atoms with Crippen LogP contribution in [-0.2, 0) is 16.6 Å². The third-order valence-electron chi connectivity index (χ3n) is 2.72. The van der Waals surface area contributed by atoms with Crippen molar-refractivity contribution in [1.29, 1.82) is 0 Å². The van der Waals surface area contributed by atoms with Gasteiger partial charge in [-0.15, -0.1) is 0 Å². The first-order valence-electron chi connectivity index (χ1n) is 6.42. The number of aromatic nitrogens is 2. The number of aryl methyl sites for hydroxylation is 2. The molecule has 1 unspecified atom stereocenters. The number of ether oxygens (including phenoxy) is 2. The predicted octanol–water partition coefficient (Wildman–Crippen LogP) is 1.34. The summed E-state index contributed by atoms with van der Waals surface area (Å²) in [5, 5.41) is 7.50. The number of carbonyl (C=O) groups is 1. The van der Waals surface area contributed by atoms with Crippen LogP contribution in [0, 0.1) is 6.92 Å². The first-order chi connectivity index (χ1) is 8.92. The molecule has 0 aliphatic carbocycles. The molecule has 0 amide bonds. The summed E-state index contributed by atoms with van der Waals surface area (Å²) in [6.07, 6.45) is 0. The summed E-state index contributed by atoms with van der Waals surface area (Å²) in [6.45, 7) is 7.94. The van der Waals surface area contributed by atoms with Gasteiger partial charge in [-0.1, -0.05) is 0 Å². The summed E-state index contributed by atoms with van der Waals surface area (Å²) in [5.74, 6) is 0.259. The van der Waals surface area contributed by atoms with E-state index >= 15 is 0 Å². The minimum absolute atomic E-state index is 0.138. The van der Waals surface area contributed by atoms with Gasteiger partial charge in [0.2, 0.25) is 5.88 Å². The zero-order chi connectivity index (χ0) is 14.6. The Morgan fingerprint density at radius 1 is 1.47 bits per heavy atom. The molecule has 0 saturated carbocycles. The Labute approximate surface area is 114 Å². The van der Waals surface area contributed by atoms with Gasteiger partial charge in [-0.25, -0.2) is 9.48 Å². The molecule has 0 fully saturated rings. The number of esters is 1. The van der Waals surface area contributed by atoms with Crippen LogP contribution < -0.4 is 10.1 Å². The van der Waals surface area contributed by atoms with E-state index in [0.29, 0.717) is 12.5 Å². The fourth-order valence-corrected chi connectivity index (χ4v) is 2.06. The monoisotopic (exact) mass is 269 g/mol. The average Bonchev–Trinajstić information content (AvgIpc) is 2.60. The SMILES string of the molecule is CCOC(=O)C(NC(C)C)c1c(C)nn(C)c1OC. The maximum absolute atomic E-state index is 12.1. The fraction of sp³-hybridized carbons (Fsp3) is 0.692. The third-order valence-corrected chi connectivity index (χ3v) is 2.72. The van der Waals surface area contributed by atoms with E-state index in [1.807, 2.05) is 20.8 Å². The van der Waals surface area contributed by atoms with Gasteiger partial charge >= 0.3 is 5.97 Å². The second-order valence-corrected chi connectivity index (χ2v) is 4.64. The molecule has 1 aromatic heterocycles. The molecule has 19 heavy (non-hydrogen) atoms. The largest absolute Gasteiger partial charge is 0.481 e. The second-order valence-electron chi connectivity index (χ2n) is 4.64. The molecule has 108 valence electrons. The number of hydrogen-bond acceptors (Lipinski definition) is 5. The molecular formula is C13H23N3O3. The summed E-state index contributed by atoms with van der Waals surface area (Å²) in [7, 11) is 3.35. The molecule has 0 aromatic carbocycles. The summed E-state index contributed by atoms with van der Waals surface area (Å²) in [5.41, 5.74) is 1.49. The smallest absolute Gasteiger partial charge is 0.328 e. The van der Waals surface area contributed by atoms with Gasteiger partial charge in [-0.05, 0) is 27.7 Å². The van der Waals surface area contributed by atoms with Crippen LogP contribution >= 0.6 is 0 Å². The van der Waals surface area contributed by atoms with Gasteiger partial charge in [-0.3, -0.25) is 5.32 Å². The van der Waals surface area contributed by atoms with E-state index in [9.17, 15) is 4.79 Å². The Morgan fingerprint density at radius 2 is 2.11 bits per heavy atom. The summed E-state index contributed by atoms with van der Waals surface area (Å²) in [6, 6.07) is -0.428. The first-order valence-corrected chi connectivity index (χ1v) is 6.42. The number of rotatable bonds is 6. The zero-order valence-electron chi connectivity index (χ0n) is 12.5. The lowest BCUT2D eigenvalue weighted by atomic mass is 10.1. The number of nitrogens with zero attached hydrogens (tertiary/aromatic N) is 2. The maximum atomic E-state index is 12.1. The van der Waals surface area contributed by atoms with Gasteiger partial charge in [-0.2, -0.15) is 5.10 Å². The predicted molar refractivity (Wildman–Crippen MR) is 72.1 cm³/mol. The van der Waals surface area contributed by atoms with Crippen LogP contribution in [0.2, 0.25) is 0 Å². The van der Waals surface area contributed by atoms with Gasteiger partial charge in [0.1, 0.15) is 6.04 Å². The van der Waals surface area contributed by atoms with Crippen molar-refractivity contribution in [1.82, 2.24) is 15.1 Å². The van der Waals surface area contributed by atoms with E-state index in [4.69, 9.17) is 9.47 Å². The Morgan fingerprint density at radius 3 is 2.58 bits per heavy atom. The van der Waals surface area contributed by atoms with Crippen LogP contribution in [0.15, 0.2) is 0 Å². The topological polar surface area (TPSA) is 65.4 Å². The first kappa shape index (κ1) is 15.5. The van der Waals surface area contributed by atoms with Crippen LogP contribution in [0.3, 0.4) is 0 Å². The summed E-state index contributed by atoms with van der Waals surface area (Å²) < 4.78 is 12.1. The molecule has 1 aromatic rings. The molecule has 1 heterocycles. The lowest BCUT2D eigenvalue weighted by Gasteiger charge is -2.20. The van der Waals surface area contributed by atoms with Crippen molar-refractivity contribution in [2.75, 3.05) is 13.7 Å². The van der Waals surface area contributed by atoms with Gasteiger partial charge < -0.3 is 9.47 Å².